The van der Waals surface area contributed by atoms with E-state index < -0.39 is 41.9 Å². The van der Waals surface area contributed by atoms with E-state index in [2.05, 4.69) is 22.5 Å². The van der Waals surface area contributed by atoms with Crippen LogP contribution in [-0.2, 0) is 30.3 Å². The summed E-state index contributed by atoms with van der Waals surface area (Å²) >= 11 is 0. The molecule has 0 radical (unpaired) electrons. The third kappa shape index (κ3) is 7.03. The Hall–Kier alpha value is -3.44. The van der Waals surface area contributed by atoms with Gasteiger partial charge in [-0.1, -0.05) is 26.2 Å². The number of nitrogens with zero attached hydrogens (tertiary/aromatic N) is 3. The zero-order valence-corrected chi connectivity index (χ0v) is 20.0. The van der Waals surface area contributed by atoms with E-state index in [-0.39, 0.29) is 18.7 Å². The zero-order valence-electron chi connectivity index (χ0n) is 20.0. The lowest BCUT2D eigenvalue weighted by molar-refractivity contribution is -0.140. The topological polar surface area (TPSA) is 166 Å². The van der Waals surface area contributed by atoms with E-state index in [4.69, 9.17) is 10.5 Å². The normalized spacial score (nSPS) is 20.4. The SMILES string of the molecule is CCCCCCOC(=O)n1cnc(CC(NC(=O)C2CCC(=O)N2)C(=O)N2CCCC2C(N)=O)c1. The van der Waals surface area contributed by atoms with Crippen molar-refractivity contribution < 1.29 is 28.7 Å². The third-order valence-electron chi connectivity index (χ3n) is 6.27. The maximum absolute atomic E-state index is 13.3. The minimum Gasteiger partial charge on any atom is -0.449 e. The van der Waals surface area contributed by atoms with Gasteiger partial charge in [0.1, 0.15) is 24.5 Å². The second-order valence-electron chi connectivity index (χ2n) is 8.96. The summed E-state index contributed by atoms with van der Waals surface area (Å²) in [7, 11) is 0. The first-order chi connectivity index (χ1) is 16.8. The highest BCUT2D eigenvalue weighted by molar-refractivity contribution is 5.95. The first-order valence-electron chi connectivity index (χ1n) is 12.2. The van der Waals surface area contributed by atoms with E-state index >= 15 is 0 Å². The Labute approximate surface area is 203 Å². The molecule has 3 unspecified atom stereocenters. The van der Waals surface area contributed by atoms with Crippen molar-refractivity contribution in [3.05, 3.63) is 18.2 Å². The Kier molecular flexibility index (Phi) is 9.21. The molecule has 3 heterocycles. The molecular formula is C23H34N6O6. The Balaban J connectivity index is 1.68. The average molecular weight is 491 g/mol. The Morgan fingerprint density at radius 3 is 2.74 bits per heavy atom. The maximum atomic E-state index is 13.3. The number of carbonyl (C=O) groups excluding carboxylic acids is 5. The summed E-state index contributed by atoms with van der Waals surface area (Å²) in [6.45, 7) is 2.75. The van der Waals surface area contributed by atoms with Gasteiger partial charge in [0.05, 0.1) is 12.3 Å². The maximum Gasteiger partial charge on any atom is 0.419 e. The molecule has 35 heavy (non-hydrogen) atoms. The molecule has 0 aromatic carbocycles. The van der Waals surface area contributed by atoms with Crippen molar-refractivity contribution in [1.29, 1.82) is 0 Å². The molecular weight excluding hydrogens is 456 g/mol. The standard InChI is InChI=1S/C23H34N6O6/c1-2-3-4-5-11-35-23(34)28-13-15(25-14-28)12-17(27-21(32)16-8-9-19(30)26-16)22(33)29-10-6-7-18(29)20(24)31/h13-14,16-18H,2-12H2,1H3,(H2,24,31)(H,26,30)(H,27,32). The summed E-state index contributed by atoms with van der Waals surface area (Å²) in [4.78, 5) is 67.3. The number of imidazole rings is 1. The predicted octanol–water partition coefficient (Wildman–Crippen LogP) is 0.230. The molecule has 2 aliphatic heterocycles. The van der Waals surface area contributed by atoms with Crippen LogP contribution in [0.1, 0.15) is 64.0 Å². The molecule has 192 valence electrons. The fourth-order valence-corrected chi connectivity index (χ4v) is 4.35. The van der Waals surface area contributed by atoms with Crippen LogP contribution in [0.4, 0.5) is 4.79 Å². The van der Waals surface area contributed by atoms with E-state index in [0.29, 0.717) is 38.1 Å². The summed E-state index contributed by atoms with van der Waals surface area (Å²) in [6.07, 6.45) is 7.72. The Morgan fingerprint density at radius 2 is 2.06 bits per heavy atom. The highest BCUT2D eigenvalue weighted by Gasteiger charge is 2.38. The lowest BCUT2D eigenvalue weighted by atomic mass is 10.1. The molecule has 2 saturated heterocycles. The van der Waals surface area contributed by atoms with Gasteiger partial charge in [0.25, 0.3) is 0 Å². The summed E-state index contributed by atoms with van der Waals surface area (Å²) in [5.41, 5.74) is 5.85. The zero-order chi connectivity index (χ0) is 25.4. The van der Waals surface area contributed by atoms with Gasteiger partial charge in [-0.25, -0.2) is 14.3 Å². The van der Waals surface area contributed by atoms with Gasteiger partial charge in [-0.05, 0) is 25.7 Å². The molecule has 3 rings (SSSR count). The van der Waals surface area contributed by atoms with E-state index in [0.717, 1.165) is 25.7 Å². The van der Waals surface area contributed by atoms with Crippen LogP contribution in [0, 0.1) is 0 Å². The lowest BCUT2D eigenvalue weighted by Crippen LogP contribution is -2.56. The number of nitrogens with two attached hydrogens (primary N) is 1. The number of ether oxygens (including phenoxy) is 1. The first kappa shape index (κ1) is 26.2. The molecule has 4 N–H and O–H groups in total. The smallest absolute Gasteiger partial charge is 0.419 e. The molecule has 2 fully saturated rings. The molecule has 2 aliphatic rings. The number of likely N-dealkylation sites (tertiary alicyclic amines) is 1. The first-order valence-corrected chi connectivity index (χ1v) is 12.2. The van der Waals surface area contributed by atoms with Crippen molar-refractivity contribution >= 4 is 29.7 Å². The van der Waals surface area contributed by atoms with Gasteiger partial charge >= 0.3 is 6.09 Å². The van der Waals surface area contributed by atoms with Crippen molar-refractivity contribution in [2.75, 3.05) is 13.2 Å². The molecule has 0 aliphatic carbocycles. The molecule has 3 atom stereocenters. The Morgan fingerprint density at radius 1 is 1.26 bits per heavy atom. The highest BCUT2D eigenvalue weighted by Crippen LogP contribution is 2.19. The number of unbranched alkanes of at least 4 members (excludes halogenated alkanes) is 3. The average Bonchev–Trinajstić information content (AvgIpc) is 3.58. The minimum atomic E-state index is -1.05. The van der Waals surface area contributed by atoms with Crippen molar-refractivity contribution in [3.63, 3.8) is 0 Å². The van der Waals surface area contributed by atoms with Crippen LogP contribution >= 0.6 is 0 Å². The van der Waals surface area contributed by atoms with E-state index in [1.807, 2.05) is 0 Å². The number of hydrogen-bond donors (Lipinski definition) is 3. The summed E-state index contributed by atoms with van der Waals surface area (Å²) in [5.74, 6) is -1.78. The monoisotopic (exact) mass is 490 g/mol. The number of hydrogen-bond acceptors (Lipinski definition) is 7. The van der Waals surface area contributed by atoms with Crippen molar-refractivity contribution in [2.45, 2.75) is 82.8 Å². The van der Waals surface area contributed by atoms with Crippen LogP contribution in [-0.4, -0.2) is 75.5 Å². The number of aromatic nitrogens is 2. The number of amides is 4. The van der Waals surface area contributed by atoms with Crippen molar-refractivity contribution in [1.82, 2.24) is 25.1 Å². The molecule has 12 heteroatoms. The molecule has 1 aromatic rings. The summed E-state index contributed by atoms with van der Waals surface area (Å²) in [6, 6.07) is -2.52. The van der Waals surface area contributed by atoms with Crippen LogP contribution in [0.5, 0.6) is 0 Å². The molecule has 0 bridgehead atoms. The molecule has 0 spiro atoms. The van der Waals surface area contributed by atoms with Crippen LogP contribution in [0.15, 0.2) is 12.5 Å². The van der Waals surface area contributed by atoms with E-state index in [1.54, 1.807) is 0 Å². The minimum absolute atomic E-state index is 0.00992. The van der Waals surface area contributed by atoms with Gasteiger partial charge in [0.15, 0.2) is 0 Å². The van der Waals surface area contributed by atoms with Gasteiger partial charge in [-0.2, -0.15) is 0 Å². The number of rotatable bonds is 11. The fourth-order valence-electron chi connectivity index (χ4n) is 4.35. The second-order valence-corrected chi connectivity index (χ2v) is 8.96. The third-order valence-corrected chi connectivity index (χ3v) is 6.27. The number of nitrogens with one attached hydrogen (secondary N) is 2. The van der Waals surface area contributed by atoms with Crippen LogP contribution in [0.2, 0.25) is 0 Å². The highest BCUT2D eigenvalue weighted by atomic mass is 16.5. The van der Waals surface area contributed by atoms with Gasteiger partial charge in [0.2, 0.25) is 23.6 Å². The molecule has 0 saturated carbocycles. The van der Waals surface area contributed by atoms with Crippen LogP contribution in [0.3, 0.4) is 0 Å². The molecule has 1 aromatic heterocycles. The van der Waals surface area contributed by atoms with Crippen LogP contribution in [0.25, 0.3) is 0 Å². The second kappa shape index (κ2) is 12.3. The van der Waals surface area contributed by atoms with E-state index in [1.165, 1.54) is 22.0 Å². The Bertz CT molecular complexity index is 947. The summed E-state index contributed by atoms with van der Waals surface area (Å²) in [5, 5.41) is 5.27. The van der Waals surface area contributed by atoms with E-state index in [9.17, 15) is 24.0 Å². The van der Waals surface area contributed by atoms with Gasteiger partial charge < -0.3 is 26.0 Å². The quantitative estimate of drug-likeness (QED) is 0.373. The lowest BCUT2D eigenvalue weighted by Gasteiger charge is -2.28. The predicted molar refractivity (Wildman–Crippen MR) is 124 cm³/mol. The molecule has 12 nitrogen and oxygen atoms in total. The van der Waals surface area contributed by atoms with Gasteiger partial charge in [-0.15, -0.1) is 0 Å². The van der Waals surface area contributed by atoms with Gasteiger partial charge in [-0.3, -0.25) is 19.2 Å². The number of primary amides is 1. The fraction of sp³-hybridized carbons (Fsp3) is 0.652. The summed E-state index contributed by atoms with van der Waals surface area (Å²) < 4.78 is 6.44. The van der Waals surface area contributed by atoms with Crippen molar-refractivity contribution in [3.8, 4) is 0 Å². The number of carbonyl (C=O) groups is 5. The van der Waals surface area contributed by atoms with Crippen molar-refractivity contribution in [2.24, 2.45) is 5.73 Å². The van der Waals surface area contributed by atoms with Crippen LogP contribution < -0.4 is 16.4 Å². The molecule has 4 amide bonds. The van der Waals surface area contributed by atoms with Gasteiger partial charge in [0, 0.05) is 25.6 Å². The largest absolute Gasteiger partial charge is 0.449 e.